The number of nitrogens with one attached hydrogen (secondary N) is 2. The van der Waals surface area contributed by atoms with Crippen LogP contribution in [0.1, 0.15) is 24.0 Å². The zero-order valence-electron chi connectivity index (χ0n) is 14.3. The van der Waals surface area contributed by atoms with Gasteiger partial charge in [-0.15, -0.1) is 0 Å². The van der Waals surface area contributed by atoms with E-state index in [1.165, 1.54) is 5.56 Å². The fourth-order valence-corrected chi connectivity index (χ4v) is 3.46. The molecule has 6 nitrogen and oxygen atoms in total. The van der Waals surface area contributed by atoms with Crippen LogP contribution in [0.25, 0.3) is 0 Å². The van der Waals surface area contributed by atoms with Gasteiger partial charge in [0.15, 0.2) is 0 Å². The molecule has 3 rings (SSSR count). The number of anilines is 1. The van der Waals surface area contributed by atoms with Crippen molar-refractivity contribution in [1.82, 2.24) is 10.2 Å². The molecule has 0 unspecified atom stereocenters. The number of nitrogens with zero attached hydrogens (tertiary/aromatic N) is 1. The molecule has 0 atom stereocenters. The van der Waals surface area contributed by atoms with Crippen molar-refractivity contribution in [2.75, 3.05) is 31.5 Å². The number of benzene rings is 1. The van der Waals surface area contributed by atoms with E-state index in [1.807, 2.05) is 29.2 Å². The molecule has 0 spiro atoms. The first-order valence-electron chi connectivity index (χ1n) is 8.86. The second kappa shape index (κ2) is 8.27. The van der Waals surface area contributed by atoms with Gasteiger partial charge in [-0.1, -0.05) is 12.1 Å². The molecule has 0 bridgehead atoms. The SMILES string of the molecule is O=C(O)CN1CCc2cc(NC(=O)/C=C/C3CCNCC3)ccc2C1. The maximum Gasteiger partial charge on any atom is 0.317 e. The van der Waals surface area contributed by atoms with Crippen LogP contribution in [0.5, 0.6) is 0 Å². The molecule has 2 aliphatic rings. The summed E-state index contributed by atoms with van der Waals surface area (Å²) < 4.78 is 0. The van der Waals surface area contributed by atoms with Crippen LogP contribution < -0.4 is 10.6 Å². The monoisotopic (exact) mass is 343 g/mol. The summed E-state index contributed by atoms with van der Waals surface area (Å²) in [5, 5.41) is 15.1. The third-order valence-corrected chi connectivity index (χ3v) is 4.83. The lowest BCUT2D eigenvalue weighted by atomic mass is 9.97. The number of amides is 1. The minimum absolute atomic E-state index is 0.0689. The molecule has 3 N–H and O–H groups in total. The van der Waals surface area contributed by atoms with Gasteiger partial charge >= 0.3 is 5.97 Å². The van der Waals surface area contributed by atoms with Crippen LogP contribution in [0.3, 0.4) is 0 Å². The molecule has 134 valence electrons. The average Bonchev–Trinajstić information content (AvgIpc) is 2.60. The highest BCUT2D eigenvalue weighted by atomic mass is 16.4. The molecule has 1 aromatic rings. The molecule has 1 saturated heterocycles. The van der Waals surface area contributed by atoms with Gasteiger partial charge in [0.1, 0.15) is 0 Å². The Labute approximate surface area is 147 Å². The van der Waals surface area contributed by atoms with Gasteiger partial charge in [0, 0.05) is 18.8 Å². The Morgan fingerprint density at radius 1 is 1.28 bits per heavy atom. The van der Waals surface area contributed by atoms with E-state index in [9.17, 15) is 9.59 Å². The molecule has 2 aliphatic heterocycles. The number of carboxylic acids is 1. The first-order valence-corrected chi connectivity index (χ1v) is 8.86. The Morgan fingerprint density at radius 2 is 2.08 bits per heavy atom. The van der Waals surface area contributed by atoms with E-state index in [2.05, 4.69) is 10.6 Å². The highest BCUT2D eigenvalue weighted by molar-refractivity contribution is 5.99. The predicted octanol–water partition coefficient (Wildman–Crippen LogP) is 1.62. The lowest BCUT2D eigenvalue weighted by molar-refractivity contribution is -0.138. The lowest BCUT2D eigenvalue weighted by Crippen LogP contribution is -2.34. The molecule has 0 aromatic heterocycles. The van der Waals surface area contributed by atoms with Crippen molar-refractivity contribution in [3.05, 3.63) is 41.5 Å². The molecule has 0 radical (unpaired) electrons. The number of allylic oxidation sites excluding steroid dienone is 1. The van der Waals surface area contributed by atoms with E-state index in [-0.39, 0.29) is 12.5 Å². The Kier molecular flexibility index (Phi) is 5.83. The third kappa shape index (κ3) is 5.14. The zero-order chi connectivity index (χ0) is 17.6. The summed E-state index contributed by atoms with van der Waals surface area (Å²) in [6.07, 6.45) is 6.62. The fourth-order valence-electron chi connectivity index (χ4n) is 3.46. The minimum atomic E-state index is -0.798. The Bertz CT molecular complexity index is 666. The van der Waals surface area contributed by atoms with Crippen molar-refractivity contribution in [2.45, 2.75) is 25.8 Å². The summed E-state index contributed by atoms with van der Waals surface area (Å²) >= 11 is 0. The summed E-state index contributed by atoms with van der Waals surface area (Å²) in [6.45, 7) is 3.47. The van der Waals surface area contributed by atoms with Crippen LogP contribution in [0, 0.1) is 5.92 Å². The highest BCUT2D eigenvalue weighted by Crippen LogP contribution is 2.22. The number of hydrogen-bond acceptors (Lipinski definition) is 4. The molecule has 0 saturated carbocycles. The number of carboxylic acid groups (broad SMARTS) is 1. The summed E-state index contributed by atoms with van der Waals surface area (Å²) in [5.41, 5.74) is 3.11. The third-order valence-electron chi connectivity index (χ3n) is 4.83. The maximum absolute atomic E-state index is 12.1. The van der Waals surface area contributed by atoms with Crippen molar-refractivity contribution >= 4 is 17.6 Å². The standard InChI is InChI=1S/C19H25N3O3/c23-18(4-1-14-5-8-20-9-6-14)21-17-3-2-16-12-22(13-19(24)25)10-7-15(16)11-17/h1-4,11,14,20H,5-10,12-13H2,(H,21,23)(H,24,25)/b4-1+. The second-order valence-corrected chi connectivity index (χ2v) is 6.77. The topological polar surface area (TPSA) is 81.7 Å². The second-order valence-electron chi connectivity index (χ2n) is 6.77. The number of carbonyl (C=O) groups excluding carboxylic acids is 1. The Morgan fingerprint density at radius 3 is 2.84 bits per heavy atom. The molecule has 25 heavy (non-hydrogen) atoms. The number of carbonyl (C=O) groups is 2. The zero-order valence-corrected chi connectivity index (χ0v) is 14.3. The molecule has 6 heteroatoms. The van der Waals surface area contributed by atoms with E-state index in [4.69, 9.17) is 5.11 Å². The molecule has 1 amide bonds. The van der Waals surface area contributed by atoms with Crippen LogP contribution in [-0.2, 0) is 22.6 Å². The number of aliphatic carboxylic acids is 1. The summed E-state index contributed by atoms with van der Waals surface area (Å²) in [6, 6.07) is 5.87. The van der Waals surface area contributed by atoms with Crippen molar-refractivity contribution in [3.63, 3.8) is 0 Å². The molecular weight excluding hydrogens is 318 g/mol. The largest absolute Gasteiger partial charge is 0.480 e. The van der Waals surface area contributed by atoms with Gasteiger partial charge in [0.05, 0.1) is 6.54 Å². The van der Waals surface area contributed by atoms with E-state index in [0.717, 1.165) is 50.1 Å². The lowest BCUT2D eigenvalue weighted by Gasteiger charge is -2.27. The van der Waals surface area contributed by atoms with Gasteiger partial charge in [-0.3, -0.25) is 14.5 Å². The van der Waals surface area contributed by atoms with E-state index >= 15 is 0 Å². The van der Waals surface area contributed by atoms with Gasteiger partial charge in [0.25, 0.3) is 0 Å². The Hall–Kier alpha value is -2.18. The summed E-state index contributed by atoms with van der Waals surface area (Å²) in [4.78, 5) is 24.9. The number of piperidine rings is 1. The van der Waals surface area contributed by atoms with Gasteiger partial charge in [0.2, 0.25) is 5.91 Å². The van der Waals surface area contributed by atoms with E-state index in [1.54, 1.807) is 6.08 Å². The van der Waals surface area contributed by atoms with E-state index in [0.29, 0.717) is 12.5 Å². The first kappa shape index (κ1) is 17.6. The van der Waals surface area contributed by atoms with Gasteiger partial charge in [-0.05, 0) is 67.6 Å². The molecule has 2 heterocycles. The van der Waals surface area contributed by atoms with Gasteiger partial charge < -0.3 is 15.7 Å². The normalized spacial score (nSPS) is 18.9. The van der Waals surface area contributed by atoms with E-state index < -0.39 is 5.97 Å². The van der Waals surface area contributed by atoms with Crippen LogP contribution in [0.15, 0.2) is 30.4 Å². The number of fused-ring (bicyclic) bond motifs is 1. The van der Waals surface area contributed by atoms with Crippen molar-refractivity contribution in [2.24, 2.45) is 5.92 Å². The number of hydrogen-bond donors (Lipinski definition) is 3. The predicted molar refractivity (Wildman–Crippen MR) is 96.4 cm³/mol. The van der Waals surface area contributed by atoms with Crippen molar-refractivity contribution in [1.29, 1.82) is 0 Å². The van der Waals surface area contributed by atoms with Crippen molar-refractivity contribution in [3.8, 4) is 0 Å². The molecule has 0 aliphatic carbocycles. The maximum atomic E-state index is 12.1. The molecular formula is C19H25N3O3. The average molecular weight is 343 g/mol. The quantitative estimate of drug-likeness (QED) is 0.708. The minimum Gasteiger partial charge on any atom is -0.480 e. The molecule has 1 fully saturated rings. The van der Waals surface area contributed by atoms with Crippen molar-refractivity contribution < 1.29 is 14.7 Å². The van der Waals surface area contributed by atoms with Crippen LogP contribution in [0.4, 0.5) is 5.69 Å². The van der Waals surface area contributed by atoms with Gasteiger partial charge in [-0.25, -0.2) is 0 Å². The number of rotatable bonds is 5. The van der Waals surface area contributed by atoms with Gasteiger partial charge in [-0.2, -0.15) is 0 Å². The smallest absolute Gasteiger partial charge is 0.317 e. The summed E-state index contributed by atoms with van der Waals surface area (Å²) in [5.74, 6) is -0.412. The van der Waals surface area contributed by atoms with Crippen LogP contribution >= 0.6 is 0 Å². The fraction of sp³-hybridized carbons (Fsp3) is 0.474. The van der Waals surface area contributed by atoms with Crippen LogP contribution in [0.2, 0.25) is 0 Å². The highest BCUT2D eigenvalue weighted by Gasteiger charge is 2.18. The Balaban J connectivity index is 1.56. The van der Waals surface area contributed by atoms with Crippen LogP contribution in [-0.4, -0.2) is 48.1 Å². The molecule has 1 aromatic carbocycles. The summed E-state index contributed by atoms with van der Waals surface area (Å²) in [7, 11) is 0. The first-order chi connectivity index (χ1) is 12.1.